The molecule has 28 nitrogen and oxygen atoms in total. The van der Waals surface area contributed by atoms with Crippen molar-refractivity contribution in [2.45, 2.75) is 116 Å². The highest BCUT2D eigenvalue weighted by molar-refractivity contribution is 5.98. The van der Waals surface area contributed by atoms with Crippen molar-refractivity contribution in [3.05, 3.63) is 102 Å². The number of amides is 4. The number of ether oxygens (including phenoxy) is 11. The zero-order chi connectivity index (χ0) is 67.2. The summed E-state index contributed by atoms with van der Waals surface area (Å²) in [5.74, 6) is -2.95. The van der Waals surface area contributed by atoms with E-state index in [0.29, 0.717) is 195 Å². The van der Waals surface area contributed by atoms with E-state index in [9.17, 15) is 33.9 Å². The molecule has 4 atom stereocenters. The molecule has 4 amide bonds. The summed E-state index contributed by atoms with van der Waals surface area (Å²) in [6.07, 6.45) is 1.75. The van der Waals surface area contributed by atoms with Gasteiger partial charge >= 0.3 is 12.1 Å². The molecule has 3 aliphatic rings. The molecule has 4 aromatic rings. The van der Waals surface area contributed by atoms with Gasteiger partial charge in [-0.3, -0.25) is 19.2 Å². The van der Waals surface area contributed by atoms with Crippen LogP contribution in [0.25, 0.3) is 32.7 Å². The Bertz CT molecular complexity index is 3260. The van der Waals surface area contributed by atoms with Crippen molar-refractivity contribution in [3.8, 4) is 11.4 Å². The van der Waals surface area contributed by atoms with Crippen LogP contribution in [0.1, 0.15) is 104 Å². The van der Waals surface area contributed by atoms with Crippen molar-refractivity contribution in [1.82, 2.24) is 30.8 Å². The number of benzene rings is 2. The number of fused-ring (bicyclic) bond motifs is 5. The van der Waals surface area contributed by atoms with Crippen LogP contribution < -0.4 is 32.1 Å². The lowest BCUT2D eigenvalue weighted by Crippen LogP contribution is -2.54. The van der Waals surface area contributed by atoms with Crippen molar-refractivity contribution in [2.24, 2.45) is 11.0 Å². The standard InChI is InChI=1S/C65H91FN10O18/c1-6-65(83)49-37-54-59-47(39-76(54)62(80)48(49)41-93-63(65)81)57-51(15-14-46-43(4)50(66)38-53(71-59)56(46)57)73-64(82)94-40-44-10-12-45(13-11-44)70-60(78)52(9-7-8-17-68-5)72-61(79)58(42(2)3)74-55(77)16-19-84-21-23-86-25-27-88-29-31-90-33-35-92-36-34-91-32-30-89-28-26-87-24-22-85-20-18-69-75-67/h10-13,37-38,42,51-52,58,68,83H,6-9,14-36,39-41H2,1-5H3,(H,70,78)(H,72,79)(H,73,82)(H,74,77)/t51-,52-,58-,65-/m0/s1. The van der Waals surface area contributed by atoms with Crippen LogP contribution in [0, 0.1) is 18.7 Å². The molecule has 7 rings (SSSR count). The Morgan fingerprint density at radius 1 is 0.798 bits per heavy atom. The van der Waals surface area contributed by atoms with Gasteiger partial charge in [-0.2, -0.15) is 0 Å². The van der Waals surface area contributed by atoms with Crippen LogP contribution in [0.2, 0.25) is 0 Å². The number of carbonyl (C=O) groups excluding carboxylic acids is 5. The van der Waals surface area contributed by atoms with E-state index in [-0.39, 0.29) is 68.8 Å². The van der Waals surface area contributed by atoms with Crippen LogP contribution in [0.15, 0.2) is 46.3 Å². The summed E-state index contributed by atoms with van der Waals surface area (Å²) in [6, 6.07) is 7.16. The van der Waals surface area contributed by atoms with Crippen molar-refractivity contribution in [1.29, 1.82) is 0 Å². The SMILES string of the molecule is CC[C@@]1(O)C(=O)OCc2c1cc1n(c2=O)Cc2c-1nc1cc(F)c(C)c3c1c2[C@@H](NC(=O)OCc1ccc(NC(=O)[C@H](CCCCNC)NC(=O)[C@@H](NC(=O)CCOCCOCCOCCOCCOCCOCCOCCOCCOCCN=[N+]=[N-])C(C)C)cc1)CC3. The van der Waals surface area contributed by atoms with Crippen molar-refractivity contribution < 1.29 is 85.6 Å². The van der Waals surface area contributed by atoms with Gasteiger partial charge in [-0.15, -0.1) is 0 Å². The predicted molar refractivity (Wildman–Crippen MR) is 341 cm³/mol. The highest BCUT2D eigenvalue weighted by Crippen LogP contribution is 2.46. The second-order valence-corrected chi connectivity index (χ2v) is 23.0. The maximum Gasteiger partial charge on any atom is 0.407 e. The number of carbonyl (C=O) groups is 5. The van der Waals surface area contributed by atoms with Gasteiger partial charge in [0.25, 0.3) is 5.56 Å². The Morgan fingerprint density at radius 3 is 1.95 bits per heavy atom. The lowest BCUT2D eigenvalue weighted by Gasteiger charge is -2.31. The van der Waals surface area contributed by atoms with E-state index in [1.54, 1.807) is 58.0 Å². The number of anilines is 1. The molecule has 0 bridgehead atoms. The van der Waals surface area contributed by atoms with Gasteiger partial charge in [0, 0.05) is 46.1 Å². The first-order valence-electron chi connectivity index (χ1n) is 32.2. The summed E-state index contributed by atoms with van der Waals surface area (Å²) >= 11 is 0. The summed E-state index contributed by atoms with van der Waals surface area (Å²) in [7, 11) is 1.83. The number of nitrogens with one attached hydrogen (secondary N) is 5. The minimum Gasteiger partial charge on any atom is -0.458 e. The number of alkyl carbamates (subject to hydrolysis) is 1. The number of azide groups is 1. The molecule has 0 fully saturated rings. The molecule has 2 aromatic carbocycles. The smallest absolute Gasteiger partial charge is 0.407 e. The number of aryl methyl sites for hydroxylation is 1. The molecular weight excluding hydrogens is 1230 g/mol. The van der Waals surface area contributed by atoms with E-state index >= 15 is 4.39 Å². The quantitative estimate of drug-likeness (QED) is 0.00953. The van der Waals surface area contributed by atoms with Crippen LogP contribution in [0.5, 0.6) is 0 Å². The monoisotopic (exact) mass is 1320 g/mol. The third-order valence-corrected chi connectivity index (χ3v) is 16.2. The second-order valence-electron chi connectivity index (χ2n) is 23.0. The molecule has 0 saturated carbocycles. The number of esters is 1. The maximum atomic E-state index is 15.5. The van der Waals surface area contributed by atoms with Gasteiger partial charge in [0.1, 0.15) is 31.1 Å². The van der Waals surface area contributed by atoms with Gasteiger partial charge in [0.2, 0.25) is 17.7 Å². The third kappa shape index (κ3) is 21.4. The average molecular weight is 1320 g/mol. The van der Waals surface area contributed by atoms with Gasteiger partial charge < -0.3 is 88.4 Å². The van der Waals surface area contributed by atoms with Crippen molar-refractivity contribution >= 4 is 46.4 Å². The van der Waals surface area contributed by atoms with Crippen LogP contribution in [-0.2, 0) is 103 Å². The molecule has 0 spiro atoms. The van der Waals surface area contributed by atoms with Gasteiger partial charge in [-0.1, -0.05) is 38.0 Å². The summed E-state index contributed by atoms with van der Waals surface area (Å²) < 4.78 is 77.3. The third-order valence-electron chi connectivity index (χ3n) is 16.2. The Kier molecular flexibility index (Phi) is 30.7. The fourth-order valence-corrected chi connectivity index (χ4v) is 11.1. The first-order valence-corrected chi connectivity index (χ1v) is 32.2. The summed E-state index contributed by atoms with van der Waals surface area (Å²) in [4.78, 5) is 88.8. The van der Waals surface area contributed by atoms with Gasteiger partial charge in [-0.05, 0) is 111 Å². The minimum absolute atomic E-state index is 0.000237. The Balaban J connectivity index is 0.773. The molecule has 94 heavy (non-hydrogen) atoms. The second kappa shape index (κ2) is 38.9. The zero-order valence-corrected chi connectivity index (χ0v) is 54.5. The summed E-state index contributed by atoms with van der Waals surface area (Å²) in [6.45, 7) is 14.5. The summed E-state index contributed by atoms with van der Waals surface area (Å²) in [5, 5.41) is 30.2. The van der Waals surface area contributed by atoms with E-state index in [4.69, 9.17) is 62.6 Å². The first-order chi connectivity index (χ1) is 45.6. The average Bonchev–Trinajstić information content (AvgIpc) is 1.45. The van der Waals surface area contributed by atoms with E-state index in [1.807, 2.05) is 7.05 Å². The molecule has 0 unspecified atom stereocenters. The molecule has 0 saturated heterocycles. The molecule has 4 heterocycles. The Labute approximate surface area is 545 Å². The fraction of sp³-hybridized carbons (Fsp3) is 0.615. The van der Waals surface area contributed by atoms with E-state index < -0.39 is 59.0 Å². The first kappa shape index (κ1) is 74.1. The normalized spacial score (nSPS) is 16.0. The number of unbranched alkanes of at least 4 members (excludes halogenated alkanes) is 1. The van der Waals surface area contributed by atoms with E-state index in [2.05, 4.69) is 36.6 Å². The number of halogens is 1. The van der Waals surface area contributed by atoms with E-state index in [1.165, 1.54) is 10.6 Å². The van der Waals surface area contributed by atoms with Gasteiger partial charge in [0.15, 0.2) is 5.60 Å². The number of nitrogens with zero attached hydrogens (tertiary/aromatic N) is 5. The molecule has 2 aliphatic heterocycles. The van der Waals surface area contributed by atoms with Crippen LogP contribution in [0.3, 0.4) is 0 Å². The molecular formula is C65H91FN10O18. The highest BCUT2D eigenvalue weighted by Gasteiger charge is 2.46. The fourth-order valence-electron chi connectivity index (χ4n) is 11.1. The van der Waals surface area contributed by atoms with Gasteiger partial charge in [-0.25, -0.2) is 19.0 Å². The van der Waals surface area contributed by atoms with Gasteiger partial charge in [0.05, 0.1) is 154 Å². The molecule has 1 aliphatic carbocycles. The number of aromatic nitrogens is 2. The Hall–Kier alpha value is -7.25. The predicted octanol–water partition coefficient (Wildman–Crippen LogP) is 5.24. The number of cyclic esters (lactones) is 1. The molecule has 29 heteroatoms. The van der Waals surface area contributed by atoms with Crippen molar-refractivity contribution in [3.63, 3.8) is 0 Å². The number of hydrogen-bond acceptors (Lipinski definition) is 21. The van der Waals surface area contributed by atoms with E-state index in [0.717, 1.165) is 12.0 Å². The molecule has 0 radical (unpaired) electrons. The Morgan fingerprint density at radius 2 is 1.38 bits per heavy atom. The number of hydrogen-bond donors (Lipinski definition) is 6. The molecule has 2 aromatic heterocycles. The number of rotatable bonds is 45. The lowest BCUT2D eigenvalue weighted by atomic mass is 9.81. The van der Waals surface area contributed by atoms with Crippen LogP contribution >= 0.6 is 0 Å². The van der Waals surface area contributed by atoms with Crippen LogP contribution in [0.4, 0.5) is 14.9 Å². The highest BCUT2D eigenvalue weighted by atomic mass is 19.1. The molecule has 516 valence electrons. The van der Waals surface area contributed by atoms with Crippen LogP contribution in [-0.4, -0.2) is 196 Å². The summed E-state index contributed by atoms with van der Waals surface area (Å²) in [5.41, 5.74) is 10.7. The number of aliphatic hydroxyl groups is 1. The number of pyridine rings is 2. The van der Waals surface area contributed by atoms with Crippen molar-refractivity contribution in [2.75, 3.05) is 144 Å². The molecule has 6 N–H and O–H groups in total. The largest absolute Gasteiger partial charge is 0.458 e. The topological polar surface area (TPSA) is 351 Å². The lowest BCUT2D eigenvalue weighted by molar-refractivity contribution is -0.172. The minimum atomic E-state index is -2.04. The zero-order valence-electron chi connectivity index (χ0n) is 54.5. The maximum absolute atomic E-state index is 15.5.